The van der Waals surface area contributed by atoms with Crippen molar-refractivity contribution >= 4 is 17.6 Å². The van der Waals surface area contributed by atoms with Crippen LogP contribution >= 0.6 is 0 Å². The lowest BCUT2D eigenvalue weighted by atomic mass is 10.1. The SMILES string of the molecule is CCOC(=O)Cc1ncccc1C(=O)Nc1cccc(C(F)(F)F)c1. The van der Waals surface area contributed by atoms with Crippen molar-refractivity contribution < 1.29 is 27.5 Å². The number of hydrogen-bond donors (Lipinski definition) is 1. The summed E-state index contributed by atoms with van der Waals surface area (Å²) in [7, 11) is 0. The molecule has 5 nitrogen and oxygen atoms in total. The van der Waals surface area contributed by atoms with Crippen LogP contribution in [-0.2, 0) is 22.1 Å². The minimum atomic E-state index is -4.51. The minimum Gasteiger partial charge on any atom is -0.466 e. The molecule has 0 aliphatic rings. The Morgan fingerprint density at radius 1 is 1.20 bits per heavy atom. The van der Waals surface area contributed by atoms with Gasteiger partial charge in [0.15, 0.2) is 0 Å². The minimum absolute atomic E-state index is 0.00855. The van der Waals surface area contributed by atoms with Gasteiger partial charge in [-0.3, -0.25) is 14.6 Å². The molecule has 0 saturated heterocycles. The lowest BCUT2D eigenvalue weighted by Crippen LogP contribution is -2.18. The standard InChI is InChI=1S/C17H15F3N2O3/c1-2-25-15(23)10-14-13(7-4-8-21-14)16(24)22-12-6-3-5-11(9-12)17(18,19)20/h3-9H,2,10H2,1H3,(H,22,24). The number of aromatic nitrogens is 1. The molecule has 1 amide bonds. The van der Waals surface area contributed by atoms with Crippen LogP contribution in [0.15, 0.2) is 42.6 Å². The molecule has 0 bridgehead atoms. The molecule has 132 valence electrons. The van der Waals surface area contributed by atoms with Gasteiger partial charge in [0.1, 0.15) is 0 Å². The molecule has 0 unspecified atom stereocenters. The molecule has 25 heavy (non-hydrogen) atoms. The van der Waals surface area contributed by atoms with E-state index in [4.69, 9.17) is 4.74 Å². The van der Waals surface area contributed by atoms with E-state index < -0.39 is 23.6 Å². The molecule has 1 N–H and O–H groups in total. The average Bonchev–Trinajstić information content (AvgIpc) is 2.55. The van der Waals surface area contributed by atoms with Crippen LogP contribution in [0.5, 0.6) is 0 Å². The molecule has 0 fully saturated rings. The third kappa shape index (κ3) is 5.03. The second-order valence-corrected chi connectivity index (χ2v) is 5.01. The number of esters is 1. The van der Waals surface area contributed by atoms with Gasteiger partial charge in [0, 0.05) is 11.9 Å². The molecule has 1 aromatic heterocycles. The maximum atomic E-state index is 12.7. The van der Waals surface area contributed by atoms with E-state index in [1.165, 1.54) is 30.5 Å². The van der Waals surface area contributed by atoms with Gasteiger partial charge < -0.3 is 10.1 Å². The predicted octanol–water partition coefficient (Wildman–Crippen LogP) is 3.46. The number of benzene rings is 1. The Labute approximate surface area is 141 Å². The fourth-order valence-electron chi connectivity index (χ4n) is 2.11. The first-order valence-corrected chi connectivity index (χ1v) is 7.39. The Morgan fingerprint density at radius 3 is 2.64 bits per heavy atom. The van der Waals surface area contributed by atoms with Crippen LogP contribution in [0.2, 0.25) is 0 Å². The highest BCUT2D eigenvalue weighted by Gasteiger charge is 2.30. The third-order valence-corrected chi connectivity index (χ3v) is 3.20. The molecular weight excluding hydrogens is 337 g/mol. The fraction of sp³-hybridized carbons (Fsp3) is 0.235. The number of amides is 1. The number of halogens is 3. The van der Waals surface area contributed by atoms with Crippen molar-refractivity contribution in [2.75, 3.05) is 11.9 Å². The molecule has 2 aromatic rings. The molecule has 0 aliphatic carbocycles. The first-order chi connectivity index (χ1) is 11.8. The van der Waals surface area contributed by atoms with Crippen LogP contribution < -0.4 is 5.32 Å². The van der Waals surface area contributed by atoms with E-state index in [9.17, 15) is 22.8 Å². The van der Waals surface area contributed by atoms with Gasteiger partial charge in [0.25, 0.3) is 5.91 Å². The number of anilines is 1. The quantitative estimate of drug-likeness (QED) is 0.837. The third-order valence-electron chi connectivity index (χ3n) is 3.20. The summed E-state index contributed by atoms with van der Waals surface area (Å²) in [6.45, 7) is 1.84. The molecule has 2 rings (SSSR count). The lowest BCUT2D eigenvalue weighted by Gasteiger charge is -2.11. The molecule has 1 aromatic carbocycles. The van der Waals surface area contributed by atoms with Crippen LogP contribution in [0.4, 0.5) is 18.9 Å². The highest BCUT2D eigenvalue weighted by Crippen LogP contribution is 2.30. The summed E-state index contributed by atoms with van der Waals surface area (Å²) in [5, 5.41) is 2.39. The van der Waals surface area contributed by atoms with Gasteiger partial charge in [-0.2, -0.15) is 13.2 Å². The molecule has 0 radical (unpaired) electrons. The number of carbonyl (C=O) groups excluding carboxylic acids is 2. The summed E-state index contributed by atoms with van der Waals surface area (Å²) in [5.74, 6) is -1.21. The van der Waals surface area contributed by atoms with Crippen LogP contribution in [0.3, 0.4) is 0 Å². The summed E-state index contributed by atoms with van der Waals surface area (Å²) in [6.07, 6.45) is -3.31. The summed E-state index contributed by atoms with van der Waals surface area (Å²) in [4.78, 5) is 27.9. The van der Waals surface area contributed by atoms with Gasteiger partial charge in [0.2, 0.25) is 0 Å². The molecular formula is C17H15F3N2O3. The van der Waals surface area contributed by atoms with Crippen molar-refractivity contribution in [3.05, 3.63) is 59.4 Å². The highest BCUT2D eigenvalue weighted by atomic mass is 19.4. The van der Waals surface area contributed by atoms with Crippen molar-refractivity contribution in [3.63, 3.8) is 0 Å². The molecule has 1 heterocycles. The van der Waals surface area contributed by atoms with Crippen LogP contribution in [-0.4, -0.2) is 23.5 Å². The number of rotatable bonds is 5. The van der Waals surface area contributed by atoms with E-state index in [-0.39, 0.29) is 30.0 Å². The fourth-order valence-corrected chi connectivity index (χ4v) is 2.11. The molecule has 0 atom stereocenters. The predicted molar refractivity (Wildman–Crippen MR) is 84.0 cm³/mol. The van der Waals surface area contributed by atoms with E-state index in [2.05, 4.69) is 10.3 Å². The monoisotopic (exact) mass is 352 g/mol. The number of nitrogens with zero attached hydrogens (tertiary/aromatic N) is 1. The van der Waals surface area contributed by atoms with Gasteiger partial charge >= 0.3 is 12.1 Å². The second kappa shape index (κ2) is 7.78. The number of ether oxygens (including phenoxy) is 1. The van der Waals surface area contributed by atoms with Crippen molar-refractivity contribution in [2.24, 2.45) is 0 Å². The molecule has 0 spiro atoms. The van der Waals surface area contributed by atoms with Crippen molar-refractivity contribution in [2.45, 2.75) is 19.5 Å². The second-order valence-electron chi connectivity index (χ2n) is 5.01. The Morgan fingerprint density at radius 2 is 1.96 bits per heavy atom. The molecule has 8 heteroatoms. The van der Waals surface area contributed by atoms with Crippen LogP contribution in [0, 0.1) is 0 Å². The summed E-state index contributed by atoms with van der Waals surface area (Å²) in [5.41, 5.74) is -0.604. The summed E-state index contributed by atoms with van der Waals surface area (Å²) in [6, 6.07) is 7.21. The summed E-state index contributed by atoms with van der Waals surface area (Å²) >= 11 is 0. The van der Waals surface area contributed by atoms with E-state index in [1.807, 2.05) is 0 Å². The Hall–Kier alpha value is -2.90. The van der Waals surface area contributed by atoms with Crippen LogP contribution in [0.25, 0.3) is 0 Å². The van der Waals surface area contributed by atoms with Gasteiger partial charge in [0.05, 0.1) is 29.8 Å². The first kappa shape index (κ1) is 18.4. The van der Waals surface area contributed by atoms with E-state index in [0.29, 0.717) is 0 Å². The Bertz CT molecular complexity index is 776. The highest BCUT2D eigenvalue weighted by molar-refractivity contribution is 6.05. The molecule has 0 saturated carbocycles. The number of hydrogen-bond acceptors (Lipinski definition) is 4. The van der Waals surface area contributed by atoms with Gasteiger partial charge in [-0.15, -0.1) is 0 Å². The van der Waals surface area contributed by atoms with E-state index >= 15 is 0 Å². The lowest BCUT2D eigenvalue weighted by molar-refractivity contribution is -0.142. The Balaban J connectivity index is 2.20. The largest absolute Gasteiger partial charge is 0.466 e. The maximum Gasteiger partial charge on any atom is 0.416 e. The van der Waals surface area contributed by atoms with Gasteiger partial charge in [-0.25, -0.2) is 0 Å². The topological polar surface area (TPSA) is 68.3 Å². The molecule has 0 aliphatic heterocycles. The number of pyridine rings is 1. The number of carbonyl (C=O) groups is 2. The number of alkyl halides is 3. The van der Waals surface area contributed by atoms with Crippen molar-refractivity contribution in [1.82, 2.24) is 4.98 Å². The zero-order valence-corrected chi connectivity index (χ0v) is 13.3. The van der Waals surface area contributed by atoms with Crippen molar-refractivity contribution in [3.8, 4) is 0 Å². The van der Waals surface area contributed by atoms with Gasteiger partial charge in [-0.1, -0.05) is 6.07 Å². The van der Waals surface area contributed by atoms with Gasteiger partial charge in [-0.05, 0) is 37.3 Å². The number of nitrogens with one attached hydrogen (secondary N) is 1. The zero-order chi connectivity index (χ0) is 18.4. The van der Waals surface area contributed by atoms with E-state index in [0.717, 1.165) is 12.1 Å². The smallest absolute Gasteiger partial charge is 0.416 e. The van der Waals surface area contributed by atoms with Crippen molar-refractivity contribution in [1.29, 1.82) is 0 Å². The Kier molecular flexibility index (Phi) is 5.74. The zero-order valence-electron chi connectivity index (χ0n) is 13.3. The maximum absolute atomic E-state index is 12.7. The first-order valence-electron chi connectivity index (χ1n) is 7.39. The summed E-state index contributed by atoms with van der Waals surface area (Å²) < 4.78 is 43.0. The van der Waals surface area contributed by atoms with E-state index in [1.54, 1.807) is 6.92 Å². The average molecular weight is 352 g/mol. The van der Waals surface area contributed by atoms with Crippen LogP contribution in [0.1, 0.15) is 28.5 Å². The normalized spacial score (nSPS) is 11.0.